The van der Waals surface area contributed by atoms with E-state index in [1.54, 1.807) is 11.0 Å². The van der Waals surface area contributed by atoms with Crippen LogP contribution >= 0.6 is 0 Å². The fourth-order valence-electron chi connectivity index (χ4n) is 5.34. The van der Waals surface area contributed by atoms with Gasteiger partial charge in [-0.2, -0.15) is 0 Å². The van der Waals surface area contributed by atoms with Crippen molar-refractivity contribution in [3.05, 3.63) is 64.9 Å². The smallest absolute Gasteiger partial charge is 0.255 e. The van der Waals surface area contributed by atoms with Gasteiger partial charge < -0.3 is 25.3 Å². The molecular formula is C27H28F2N4O4. The average Bonchev–Trinajstić information content (AvgIpc) is 3.40. The topological polar surface area (TPSA) is 104 Å². The highest BCUT2D eigenvalue weighted by Crippen LogP contribution is 2.30. The van der Waals surface area contributed by atoms with E-state index in [4.69, 9.17) is 4.74 Å². The third-order valence-electron chi connectivity index (χ3n) is 7.10. The highest BCUT2D eigenvalue weighted by Gasteiger charge is 2.38. The van der Waals surface area contributed by atoms with E-state index in [0.717, 1.165) is 17.3 Å². The summed E-state index contributed by atoms with van der Waals surface area (Å²) in [6.07, 6.45) is 1.35. The molecule has 2 aliphatic heterocycles. The van der Waals surface area contributed by atoms with Gasteiger partial charge in [0.25, 0.3) is 5.91 Å². The van der Waals surface area contributed by atoms with Crippen LogP contribution in [0.3, 0.4) is 0 Å². The molecule has 3 aromatic rings. The molecular weight excluding hydrogens is 482 g/mol. The predicted molar refractivity (Wildman–Crippen MR) is 132 cm³/mol. The van der Waals surface area contributed by atoms with Crippen LogP contribution in [0.25, 0.3) is 10.9 Å². The number of nitrogens with one attached hydrogen (secondary N) is 3. The van der Waals surface area contributed by atoms with Crippen LogP contribution in [0.1, 0.15) is 40.9 Å². The van der Waals surface area contributed by atoms with Crippen LogP contribution in [0.15, 0.2) is 36.4 Å². The number of benzene rings is 2. The summed E-state index contributed by atoms with van der Waals surface area (Å²) in [5.41, 5.74) is 2.26. The van der Waals surface area contributed by atoms with Gasteiger partial charge in [0.1, 0.15) is 24.0 Å². The number of nitrogens with zero attached hydrogens (tertiary/aromatic N) is 1. The highest BCUT2D eigenvalue weighted by atomic mass is 19.1. The number of aromatic nitrogens is 1. The number of fused-ring (bicyclic) bond motifs is 4. The highest BCUT2D eigenvalue weighted by molar-refractivity contribution is 5.97. The molecule has 1 fully saturated rings. The molecule has 3 amide bonds. The van der Waals surface area contributed by atoms with Crippen molar-refractivity contribution in [1.82, 2.24) is 20.5 Å². The van der Waals surface area contributed by atoms with Crippen molar-refractivity contribution in [3.63, 3.8) is 0 Å². The second-order valence-corrected chi connectivity index (χ2v) is 9.53. The van der Waals surface area contributed by atoms with Gasteiger partial charge in [-0.1, -0.05) is 0 Å². The van der Waals surface area contributed by atoms with Crippen LogP contribution in [0, 0.1) is 18.6 Å². The van der Waals surface area contributed by atoms with Gasteiger partial charge >= 0.3 is 0 Å². The maximum absolute atomic E-state index is 14.0. The number of halogens is 2. The molecule has 2 aliphatic rings. The molecule has 10 heteroatoms. The minimum absolute atomic E-state index is 0.0275. The first-order valence-electron chi connectivity index (χ1n) is 12.3. The number of aromatic amines is 1. The first kappa shape index (κ1) is 24.7. The molecule has 2 aromatic carbocycles. The fraction of sp³-hybridized carbons (Fsp3) is 0.370. The van der Waals surface area contributed by atoms with E-state index in [9.17, 15) is 23.2 Å². The number of ether oxygens (including phenoxy) is 1. The van der Waals surface area contributed by atoms with Gasteiger partial charge in [0.05, 0.1) is 18.5 Å². The van der Waals surface area contributed by atoms with Gasteiger partial charge in [-0.05, 0) is 61.7 Å². The third-order valence-corrected chi connectivity index (χ3v) is 7.10. The predicted octanol–water partition coefficient (Wildman–Crippen LogP) is 2.99. The Morgan fingerprint density at radius 2 is 1.81 bits per heavy atom. The van der Waals surface area contributed by atoms with Crippen molar-refractivity contribution in [2.24, 2.45) is 0 Å². The maximum Gasteiger partial charge on any atom is 0.255 e. The van der Waals surface area contributed by atoms with E-state index in [-0.39, 0.29) is 67.7 Å². The van der Waals surface area contributed by atoms with E-state index in [0.29, 0.717) is 23.8 Å². The zero-order chi connectivity index (χ0) is 26.1. The molecule has 3 N–H and O–H groups in total. The normalized spacial score (nSPS) is 20.6. The van der Waals surface area contributed by atoms with E-state index in [1.807, 2.05) is 6.92 Å². The quantitative estimate of drug-likeness (QED) is 0.493. The van der Waals surface area contributed by atoms with Crippen molar-refractivity contribution in [1.29, 1.82) is 0 Å². The molecule has 8 nitrogen and oxygen atoms in total. The Labute approximate surface area is 212 Å². The van der Waals surface area contributed by atoms with Gasteiger partial charge in [-0.15, -0.1) is 0 Å². The summed E-state index contributed by atoms with van der Waals surface area (Å²) in [4.78, 5) is 44.2. The van der Waals surface area contributed by atoms with Crippen molar-refractivity contribution in [2.45, 2.75) is 44.7 Å². The Bertz CT molecular complexity index is 1370. The van der Waals surface area contributed by atoms with E-state index < -0.39 is 17.5 Å². The van der Waals surface area contributed by atoms with Gasteiger partial charge in [0, 0.05) is 41.6 Å². The second kappa shape index (κ2) is 10.2. The van der Waals surface area contributed by atoms with Crippen LogP contribution < -0.4 is 15.4 Å². The second-order valence-electron chi connectivity index (χ2n) is 9.53. The molecule has 0 aliphatic carbocycles. The number of amides is 3. The number of hydrogen-bond donors (Lipinski definition) is 3. The zero-order valence-electron chi connectivity index (χ0n) is 20.4. The lowest BCUT2D eigenvalue weighted by molar-refractivity contribution is -0.134. The zero-order valence-corrected chi connectivity index (χ0v) is 20.4. The standard InChI is InChI=1S/C27H28F2N4O4/c1-15-20(21-10-16(28)2-6-23(21)32-15)13-26(35)33-18-4-5-19(33)14-31-27(36)22-11-17(29)3-7-24(22)37-9-8-30-25(34)12-18/h2-3,6-7,10-11,18-19,32H,4-5,8-9,12-14H2,1H3,(H,30,34)(H,31,36)/t18-,19+/m0/s1. The van der Waals surface area contributed by atoms with Crippen LogP contribution in [0.4, 0.5) is 8.78 Å². The van der Waals surface area contributed by atoms with E-state index in [2.05, 4.69) is 15.6 Å². The molecule has 194 valence electrons. The van der Waals surface area contributed by atoms with Crippen molar-refractivity contribution in [2.75, 3.05) is 19.7 Å². The summed E-state index contributed by atoms with van der Waals surface area (Å²) in [6.45, 7) is 2.27. The first-order chi connectivity index (χ1) is 17.8. The number of aryl methyl sites for hydroxylation is 1. The molecule has 0 saturated carbocycles. The monoisotopic (exact) mass is 510 g/mol. The molecule has 1 saturated heterocycles. The van der Waals surface area contributed by atoms with Crippen molar-refractivity contribution < 1.29 is 27.9 Å². The first-order valence-corrected chi connectivity index (χ1v) is 12.3. The summed E-state index contributed by atoms with van der Waals surface area (Å²) in [5, 5.41) is 6.25. The Morgan fingerprint density at radius 1 is 1.05 bits per heavy atom. The van der Waals surface area contributed by atoms with Gasteiger partial charge in [-0.3, -0.25) is 14.4 Å². The summed E-state index contributed by atoms with van der Waals surface area (Å²) >= 11 is 0. The van der Waals surface area contributed by atoms with Crippen molar-refractivity contribution >= 4 is 28.6 Å². The number of hydrogen-bond acceptors (Lipinski definition) is 4. The summed E-state index contributed by atoms with van der Waals surface area (Å²) in [6, 6.07) is 7.41. The number of carbonyl (C=O) groups is 3. The summed E-state index contributed by atoms with van der Waals surface area (Å²) < 4.78 is 33.5. The van der Waals surface area contributed by atoms with Gasteiger partial charge in [0.2, 0.25) is 11.8 Å². The van der Waals surface area contributed by atoms with Crippen LogP contribution in [0.2, 0.25) is 0 Å². The summed E-state index contributed by atoms with van der Waals surface area (Å²) in [7, 11) is 0. The average molecular weight is 511 g/mol. The molecule has 1 aromatic heterocycles. The van der Waals surface area contributed by atoms with E-state index >= 15 is 0 Å². The largest absolute Gasteiger partial charge is 0.491 e. The van der Waals surface area contributed by atoms with Crippen molar-refractivity contribution in [3.8, 4) is 5.75 Å². The number of carbonyl (C=O) groups excluding carboxylic acids is 3. The number of H-pyrrole nitrogens is 1. The fourth-order valence-corrected chi connectivity index (χ4v) is 5.34. The molecule has 0 spiro atoms. The maximum atomic E-state index is 14.0. The Hall–Kier alpha value is -3.95. The Morgan fingerprint density at radius 3 is 2.65 bits per heavy atom. The lowest BCUT2D eigenvalue weighted by Gasteiger charge is -2.31. The molecule has 5 rings (SSSR count). The SMILES string of the molecule is Cc1[nH]c2ccc(F)cc2c1CC(=O)N1[C@@H]2CC[C@H]1CC(=O)NCCOc1ccc(F)cc1C(=O)NC2. The molecule has 3 heterocycles. The Balaban J connectivity index is 1.42. The molecule has 2 bridgehead atoms. The van der Waals surface area contributed by atoms with Gasteiger partial charge in [0.15, 0.2) is 0 Å². The molecule has 0 unspecified atom stereocenters. The Kier molecular flexibility index (Phi) is 6.82. The lowest BCUT2D eigenvalue weighted by atomic mass is 10.1. The molecule has 0 radical (unpaired) electrons. The minimum atomic E-state index is -0.574. The third kappa shape index (κ3) is 5.14. The van der Waals surface area contributed by atoms with Gasteiger partial charge in [-0.25, -0.2) is 8.78 Å². The van der Waals surface area contributed by atoms with E-state index in [1.165, 1.54) is 24.3 Å². The lowest BCUT2D eigenvalue weighted by Crippen LogP contribution is -2.48. The van der Waals surface area contributed by atoms with Crippen LogP contribution in [-0.4, -0.2) is 59.4 Å². The number of rotatable bonds is 2. The van der Waals surface area contributed by atoms with Crippen LogP contribution in [0.5, 0.6) is 5.75 Å². The minimum Gasteiger partial charge on any atom is -0.491 e. The van der Waals surface area contributed by atoms with Crippen LogP contribution in [-0.2, 0) is 16.0 Å². The molecule has 2 atom stereocenters. The summed E-state index contributed by atoms with van der Waals surface area (Å²) in [5.74, 6) is -1.67. The molecule has 37 heavy (non-hydrogen) atoms.